The molecule has 0 bridgehead atoms. The molecule has 3 rings (SSSR count). The van der Waals surface area contributed by atoms with Crippen LogP contribution in [0.5, 0.6) is 5.75 Å². The van der Waals surface area contributed by atoms with E-state index in [2.05, 4.69) is 53.2 Å². The first kappa shape index (κ1) is 14.8. The normalized spacial score (nSPS) is 14.2. The minimum atomic E-state index is 0.876. The van der Waals surface area contributed by atoms with E-state index in [1.807, 2.05) is 12.1 Å². The molecule has 0 unspecified atom stereocenters. The van der Waals surface area contributed by atoms with E-state index in [4.69, 9.17) is 4.74 Å². The van der Waals surface area contributed by atoms with Gasteiger partial charge in [0.2, 0.25) is 0 Å². The Balaban J connectivity index is 1.73. The number of hydrogen-bond donors (Lipinski definition) is 0. The van der Waals surface area contributed by atoms with Crippen LogP contribution in [-0.4, -0.2) is 27.2 Å². The van der Waals surface area contributed by atoms with Crippen molar-refractivity contribution in [2.45, 2.75) is 19.4 Å². The van der Waals surface area contributed by atoms with E-state index < -0.39 is 0 Å². The Morgan fingerprint density at radius 2 is 1.82 bits per heavy atom. The maximum Gasteiger partial charge on any atom is 0.119 e. The highest BCUT2D eigenvalue weighted by Crippen LogP contribution is 2.26. The summed E-state index contributed by atoms with van der Waals surface area (Å²) < 4.78 is 5.30. The minimum absolute atomic E-state index is 0.876. The molecule has 3 nitrogen and oxygen atoms in total. The molecule has 0 atom stereocenters. The van der Waals surface area contributed by atoms with Crippen LogP contribution in [0, 0.1) is 0 Å². The van der Waals surface area contributed by atoms with Gasteiger partial charge in [-0.05, 0) is 48.7 Å². The molecule has 1 aliphatic heterocycles. The van der Waals surface area contributed by atoms with Crippen LogP contribution < -0.4 is 14.5 Å². The highest BCUT2D eigenvalue weighted by Gasteiger charge is 2.13. The summed E-state index contributed by atoms with van der Waals surface area (Å²) in [6.45, 7) is 3.24. The van der Waals surface area contributed by atoms with Crippen LogP contribution in [0.4, 0.5) is 11.4 Å². The first-order valence-electron chi connectivity index (χ1n) is 7.95. The molecule has 1 saturated heterocycles. The lowest BCUT2D eigenvalue weighted by Gasteiger charge is -2.23. The predicted octanol–water partition coefficient (Wildman–Crippen LogP) is 3.93. The number of methoxy groups -OCH3 is 1. The van der Waals surface area contributed by atoms with Gasteiger partial charge in [0.25, 0.3) is 0 Å². The Bertz CT molecular complexity index is 620. The van der Waals surface area contributed by atoms with E-state index in [1.165, 1.54) is 42.9 Å². The summed E-state index contributed by atoms with van der Waals surface area (Å²) in [6, 6.07) is 17.1. The molecular formula is C19H24N2O. The Labute approximate surface area is 133 Å². The SMILES string of the molecule is COc1cccc(CN(C)c2cccc(N3CCCC3)c2)c1. The Morgan fingerprint density at radius 3 is 2.59 bits per heavy atom. The van der Waals surface area contributed by atoms with Crippen LogP contribution in [-0.2, 0) is 6.54 Å². The topological polar surface area (TPSA) is 15.7 Å². The molecule has 3 heteroatoms. The van der Waals surface area contributed by atoms with Gasteiger partial charge >= 0.3 is 0 Å². The fourth-order valence-electron chi connectivity index (χ4n) is 3.04. The number of nitrogens with zero attached hydrogens (tertiary/aromatic N) is 2. The Hall–Kier alpha value is -2.16. The molecular weight excluding hydrogens is 272 g/mol. The third kappa shape index (κ3) is 3.35. The van der Waals surface area contributed by atoms with Gasteiger partial charge in [0.05, 0.1) is 7.11 Å². The molecule has 1 aliphatic rings. The fourth-order valence-corrected chi connectivity index (χ4v) is 3.04. The van der Waals surface area contributed by atoms with Crippen molar-refractivity contribution in [3.8, 4) is 5.75 Å². The molecule has 0 N–H and O–H groups in total. The third-order valence-corrected chi connectivity index (χ3v) is 4.30. The Kier molecular flexibility index (Phi) is 4.52. The van der Waals surface area contributed by atoms with Crippen molar-refractivity contribution < 1.29 is 4.74 Å². The lowest BCUT2D eigenvalue weighted by Crippen LogP contribution is -2.19. The van der Waals surface area contributed by atoms with E-state index in [-0.39, 0.29) is 0 Å². The monoisotopic (exact) mass is 296 g/mol. The molecule has 0 aromatic heterocycles. The van der Waals surface area contributed by atoms with E-state index in [0.29, 0.717) is 0 Å². The first-order chi connectivity index (χ1) is 10.8. The first-order valence-corrected chi connectivity index (χ1v) is 7.95. The highest BCUT2D eigenvalue weighted by atomic mass is 16.5. The van der Waals surface area contributed by atoms with Gasteiger partial charge in [0.1, 0.15) is 5.75 Å². The van der Waals surface area contributed by atoms with Crippen molar-refractivity contribution in [1.29, 1.82) is 0 Å². The maximum atomic E-state index is 5.30. The number of rotatable bonds is 5. The van der Waals surface area contributed by atoms with Crippen molar-refractivity contribution in [3.05, 3.63) is 54.1 Å². The van der Waals surface area contributed by atoms with Gasteiger partial charge in [-0.25, -0.2) is 0 Å². The molecule has 1 heterocycles. The largest absolute Gasteiger partial charge is 0.497 e. The van der Waals surface area contributed by atoms with Crippen LogP contribution in [0.2, 0.25) is 0 Å². The van der Waals surface area contributed by atoms with Crippen molar-refractivity contribution in [2.75, 3.05) is 37.0 Å². The second-order valence-corrected chi connectivity index (χ2v) is 5.92. The van der Waals surface area contributed by atoms with Gasteiger partial charge in [-0.3, -0.25) is 0 Å². The fraction of sp³-hybridized carbons (Fsp3) is 0.368. The second kappa shape index (κ2) is 6.73. The van der Waals surface area contributed by atoms with Crippen LogP contribution >= 0.6 is 0 Å². The predicted molar refractivity (Wildman–Crippen MR) is 93.0 cm³/mol. The summed E-state index contributed by atoms with van der Waals surface area (Å²) in [5.74, 6) is 0.914. The molecule has 0 saturated carbocycles. The summed E-state index contributed by atoms with van der Waals surface area (Å²) in [5.41, 5.74) is 3.85. The molecule has 0 amide bonds. The summed E-state index contributed by atoms with van der Waals surface area (Å²) in [5, 5.41) is 0. The van der Waals surface area contributed by atoms with Gasteiger partial charge < -0.3 is 14.5 Å². The van der Waals surface area contributed by atoms with Gasteiger partial charge in [-0.2, -0.15) is 0 Å². The quantitative estimate of drug-likeness (QED) is 0.831. The summed E-state index contributed by atoms with van der Waals surface area (Å²) in [7, 11) is 3.85. The van der Waals surface area contributed by atoms with E-state index in [0.717, 1.165) is 12.3 Å². The van der Waals surface area contributed by atoms with Crippen LogP contribution in [0.15, 0.2) is 48.5 Å². The lowest BCUT2D eigenvalue weighted by atomic mass is 10.2. The third-order valence-electron chi connectivity index (χ3n) is 4.30. The van der Waals surface area contributed by atoms with Gasteiger partial charge in [-0.1, -0.05) is 18.2 Å². The number of ether oxygens (including phenoxy) is 1. The maximum absolute atomic E-state index is 5.30. The van der Waals surface area contributed by atoms with Crippen molar-refractivity contribution in [2.24, 2.45) is 0 Å². The molecule has 116 valence electrons. The summed E-state index contributed by atoms with van der Waals surface area (Å²) in [6.07, 6.45) is 2.62. The zero-order valence-corrected chi connectivity index (χ0v) is 13.5. The molecule has 22 heavy (non-hydrogen) atoms. The minimum Gasteiger partial charge on any atom is -0.497 e. The second-order valence-electron chi connectivity index (χ2n) is 5.92. The smallest absolute Gasteiger partial charge is 0.119 e. The lowest BCUT2D eigenvalue weighted by molar-refractivity contribution is 0.414. The molecule has 0 radical (unpaired) electrons. The average molecular weight is 296 g/mol. The average Bonchev–Trinajstić information content (AvgIpc) is 3.09. The zero-order valence-electron chi connectivity index (χ0n) is 13.5. The number of hydrogen-bond acceptors (Lipinski definition) is 3. The van der Waals surface area contributed by atoms with E-state index >= 15 is 0 Å². The van der Waals surface area contributed by atoms with Gasteiger partial charge in [0.15, 0.2) is 0 Å². The molecule has 1 fully saturated rings. The van der Waals surface area contributed by atoms with Gasteiger partial charge in [-0.15, -0.1) is 0 Å². The standard InChI is InChI=1S/C19H24N2O/c1-20(15-16-7-5-10-19(13-16)22-2)17-8-6-9-18(14-17)21-11-3-4-12-21/h5-10,13-14H,3-4,11-12,15H2,1-2H3. The number of anilines is 2. The van der Waals surface area contributed by atoms with E-state index in [9.17, 15) is 0 Å². The van der Waals surface area contributed by atoms with Crippen molar-refractivity contribution >= 4 is 11.4 Å². The van der Waals surface area contributed by atoms with Crippen molar-refractivity contribution in [3.63, 3.8) is 0 Å². The molecule has 2 aromatic rings. The Morgan fingerprint density at radius 1 is 1.05 bits per heavy atom. The highest BCUT2D eigenvalue weighted by molar-refractivity contribution is 5.59. The van der Waals surface area contributed by atoms with Crippen molar-refractivity contribution in [1.82, 2.24) is 0 Å². The summed E-state index contributed by atoms with van der Waals surface area (Å²) >= 11 is 0. The molecule has 2 aromatic carbocycles. The van der Waals surface area contributed by atoms with Crippen LogP contribution in [0.1, 0.15) is 18.4 Å². The molecule has 0 spiro atoms. The zero-order chi connectivity index (χ0) is 15.4. The molecule has 0 aliphatic carbocycles. The van der Waals surface area contributed by atoms with Crippen LogP contribution in [0.3, 0.4) is 0 Å². The summed E-state index contributed by atoms with van der Waals surface area (Å²) in [4.78, 5) is 4.76. The number of benzene rings is 2. The van der Waals surface area contributed by atoms with E-state index in [1.54, 1.807) is 7.11 Å². The van der Waals surface area contributed by atoms with Crippen LogP contribution in [0.25, 0.3) is 0 Å². The van der Waals surface area contributed by atoms with Gasteiger partial charge in [0, 0.05) is 38.1 Å².